The van der Waals surface area contributed by atoms with Gasteiger partial charge in [-0.05, 0) is 19.8 Å². The second-order valence-corrected chi connectivity index (χ2v) is 5.58. The second-order valence-electron chi connectivity index (χ2n) is 4.31. The maximum absolute atomic E-state index is 11.7. The molecular formula is C11H20ClN3OS. The van der Waals surface area contributed by atoms with E-state index in [0.717, 1.165) is 9.88 Å². The Bertz CT molecular complexity index is 367. The maximum atomic E-state index is 11.7. The van der Waals surface area contributed by atoms with E-state index in [1.54, 1.807) is 11.3 Å². The summed E-state index contributed by atoms with van der Waals surface area (Å²) in [5, 5.41) is 3.79. The van der Waals surface area contributed by atoms with Crippen LogP contribution in [0.4, 0.5) is 0 Å². The van der Waals surface area contributed by atoms with Crippen LogP contribution in [-0.2, 0) is 4.79 Å². The Morgan fingerprint density at radius 3 is 2.47 bits per heavy atom. The van der Waals surface area contributed by atoms with E-state index >= 15 is 0 Å². The number of halogens is 1. The highest BCUT2D eigenvalue weighted by Gasteiger charge is 2.20. The molecule has 1 unspecified atom stereocenters. The van der Waals surface area contributed by atoms with Crippen molar-refractivity contribution in [3.05, 3.63) is 16.1 Å². The van der Waals surface area contributed by atoms with E-state index in [4.69, 9.17) is 5.73 Å². The van der Waals surface area contributed by atoms with E-state index in [1.165, 1.54) is 0 Å². The molecule has 0 aromatic carbocycles. The van der Waals surface area contributed by atoms with Gasteiger partial charge in [-0.15, -0.1) is 23.7 Å². The summed E-state index contributed by atoms with van der Waals surface area (Å²) in [6.07, 6.45) is 1.81. The van der Waals surface area contributed by atoms with Crippen LogP contribution < -0.4 is 11.1 Å². The van der Waals surface area contributed by atoms with E-state index in [0.29, 0.717) is 0 Å². The van der Waals surface area contributed by atoms with Gasteiger partial charge in [-0.25, -0.2) is 4.98 Å². The molecule has 0 aliphatic heterocycles. The zero-order valence-electron chi connectivity index (χ0n) is 10.6. The lowest BCUT2D eigenvalue weighted by molar-refractivity contribution is -0.123. The van der Waals surface area contributed by atoms with Crippen LogP contribution in [0.1, 0.15) is 36.7 Å². The van der Waals surface area contributed by atoms with E-state index < -0.39 is 6.04 Å². The van der Waals surface area contributed by atoms with Gasteiger partial charge < -0.3 is 11.1 Å². The molecule has 0 saturated heterocycles. The fourth-order valence-corrected chi connectivity index (χ4v) is 2.02. The summed E-state index contributed by atoms with van der Waals surface area (Å²) in [7, 11) is 0. The van der Waals surface area contributed by atoms with Crippen LogP contribution in [0.2, 0.25) is 0 Å². The number of hydrogen-bond donors (Lipinski definition) is 2. The minimum atomic E-state index is -0.455. The van der Waals surface area contributed by atoms with Crippen molar-refractivity contribution in [2.75, 3.05) is 0 Å². The van der Waals surface area contributed by atoms with Gasteiger partial charge in [0.15, 0.2) is 0 Å². The van der Waals surface area contributed by atoms with Crippen molar-refractivity contribution in [3.8, 4) is 0 Å². The van der Waals surface area contributed by atoms with Gasteiger partial charge in [0.1, 0.15) is 5.01 Å². The van der Waals surface area contributed by atoms with Gasteiger partial charge >= 0.3 is 0 Å². The third-order valence-corrected chi connectivity index (χ3v) is 3.48. The number of hydrogen-bond acceptors (Lipinski definition) is 4. The molecule has 2 atom stereocenters. The number of rotatable bonds is 4. The summed E-state index contributed by atoms with van der Waals surface area (Å²) < 4.78 is 0. The lowest BCUT2D eigenvalue weighted by atomic mass is 10.0. The Morgan fingerprint density at radius 1 is 1.47 bits per heavy atom. The third-order valence-electron chi connectivity index (χ3n) is 2.39. The van der Waals surface area contributed by atoms with Crippen molar-refractivity contribution in [3.63, 3.8) is 0 Å². The van der Waals surface area contributed by atoms with Crippen LogP contribution in [0, 0.1) is 12.8 Å². The molecule has 0 bridgehead atoms. The van der Waals surface area contributed by atoms with Crippen LogP contribution in [-0.4, -0.2) is 16.9 Å². The first kappa shape index (κ1) is 16.4. The molecule has 98 valence electrons. The predicted molar refractivity (Wildman–Crippen MR) is 73.5 cm³/mol. The van der Waals surface area contributed by atoms with Gasteiger partial charge in [0.25, 0.3) is 0 Å². The molecule has 0 radical (unpaired) electrons. The standard InChI is InChI=1S/C11H19N3OS.ClH/c1-6(2)9(12)10(15)14-8(4)11-13-5-7(3)16-11;/h5-6,8-9H,12H2,1-4H3,(H,14,15);1H/t8?,9-;/m0./s1. The first-order valence-electron chi connectivity index (χ1n) is 5.40. The first-order valence-corrected chi connectivity index (χ1v) is 6.21. The molecule has 1 heterocycles. The zero-order valence-corrected chi connectivity index (χ0v) is 12.2. The maximum Gasteiger partial charge on any atom is 0.237 e. The summed E-state index contributed by atoms with van der Waals surface area (Å²) in [6, 6.07) is -0.528. The van der Waals surface area contributed by atoms with Gasteiger partial charge in [-0.3, -0.25) is 4.79 Å². The Kier molecular flexibility index (Phi) is 6.67. The highest BCUT2D eigenvalue weighted by Crippen LogP contribution is 2.19. The number of carbonyl (C=O) groups is 1. The van der Waals surface area contributed by atoms with Crippen molar-refractivity contribution in [1.29, 1.82) is 0 Å². The van der Waals surface area contributed by atoms with Crippen molar-refractivity contribution >= 4 is 29.7 Å². The first-order chi connectivity index (χ1) is 7.41. The second kappa shape index (κ2) is 6.93. The van der Waals surface area contributed by atoms with E-state index in [9.17, 15) is 4.79 Å². The summed E-state index contributed by atoms with van der Waals surface area (Å²) in [6.45, 7) is 7.78. The summed E-state index contributed by atoms with van der Waals surface area (Å²) >= 11 is 1.59. The molecule has 0 aliphatic carbocycles. The van der Waals surface area contributed by atoms with Crippen LogP contribution in [0.5, 0.6) is 0 Å². The molecule has 0 aliphatic rings. The Hall–Kier alpha value is -0.650. The zero-order chi connectivity index (χ0) is 12.3. The van der Waals surface area contributed by atoms with Crippen LogP contribution >= 0.6 is 23.7 Å². The topological polar surface area (TPSA) is 68.0 Å². The molecule has 1 aromatic heterocycles. The third kappa shape index (κ3) is 4.61. The summed E-state index contributed by atoms with van der Waals surface area (Å²) in [4.78, 5) is 17.1. The SMILES string of the molecule is Cc1cnc(C(C)NC(=O)[C@@H](N)C(C)C)s1.Cl. The largest absolute Gasteiger partial charge is 0.346 e. The van der Waals surface area contributed by atoms with Crippen LogP contribution in [0.25, 0.3) is 0 Å². The average Bonchev–Trinajstić information content (AvgIpc) is 2.63. The average molecular weight is 278 g/mol. The molecule has 1 aromatic rings. The molecule has 3 N–H and O–H groups in total. The van der Waals surface area contributed by atoms with Gasteiger partial charge in [0.05, 0.1) is 12.1 Å². The fourth-order valence-electron chi connectivity index (χ4n) is 1.25. The molecule has 0 saturated carbocycles. The number of nitrogens with two attached hydrogens (primary N) is 1. The van der Waals surface area contributed by atoms with Gasteiger partial charge in [0.2, 0.25) is 5.91 Å². The number of thiazole rings is 1. The smallest absolute Gasteiger partial charge is 0.237 e. The minimum Gasteiger partial charge on any atom is -0.346 e. The van der Waals surface area contributed by atoms with Gasteiger partial charge in [-0.1, -0.05) is 13.8 Å². The van der Waals surface area contributed by atoms with Crippen molar-refractivity contribution in [2.24, 2.45) is 11.7 Å². The molecule has 4 nitrogen and oxygen atoms in total. The number of carbonyl (C=O) groups excluding carboxylic acids is 1. The molecule has 6 heteroatoms. The Balaban J connectivity index is 0.00000256. The number of nitrogens with one attached hydrogen (secondary N) is 1. The Labute approximate surface area is 112 Å². The highest BCUT2D eigenvalue weighted by molar-refractivity contribution is 7.11. The van der Waals surface area contributed by atoms with Crippen molar-refractivity contribution < 1.29 is 4.79 Å². The van der Waals surface area contributed by atoms with Gasteiger partial charge in [-0.2, -0.15) is 0 Å². The fraction of sp³-hybridized carbons (Fsp3) is 0.636. The van der Waals surface area contributed by atoms with E-state index in [-0.39, 0.29) is 30.3 Å². The number of amides is 1. The monoisotopic (exact) mass is 277 g/mol. The van der Waals surface area contributed by atoms with Crippen molar-refractivity contribution in [2.45, 2.75) is 39.8 Å². The number of aryl methyl sites for hydroxylation is 1. The number of aromatic nitrogens is 1. The minimum absolute atomic E-state index is 0. The van der Waals surface area contributed by atoms with Crippen LogP contribution in [0.15, 0.2) is 6.20 Å². The lowest BCUT2D eigenvalue weighted by Crippen LogP contribution is -2.44. The van der Waals surface area contributed by atoms with Crippen LogP contribution in [0.3, 0.4) is 0 Å². The molecule has 0 spiro atoms. The lowest BCUT2D eigenvalue weighted by Gasteiger charge is -2.18. The normalized spacial score (nSPS) is 14.0. The Morgan fingerprint density at radius 2 is 2.06 bits per heavy atom. The molecular weight excluding hydrogens is 258 g/mol. The van der Waals surface area contributed by atoms with E-state index in [1.807, 2.05) is 33.9 Å². The predicted octanol–water partition coefficient (Wildman–Crippen LogP) is 2.03. The van der Waals surface area contributed by atoms with Gasteiger partial charge in [0, 0.05) is 11.1 Å². The summed E-state index contributed by atoms with van der Waals surface area (Å²) in [5.74, 6) is 0.0283. The molecule has 17 heavy (non-hydrogen) atoms. The van der Waals surface area contributed by atoms with E-state index in [2.05, 4.69) is 10.3 Å². The summed E-state index contributed by atoms with van der Waals surface area (Å²) in [5.41, 5.74) is 5.76. The highest BCUT2D eigenvalue weighted by atomic mass is 35.5. The molecule has 1 amide bonds. The quantitative estimate of drug-likeness (QED) is 0.885. The number of nitrogens with zero attached hydrogens (tertiary/aromatic N) is 1. The van der Waals surface area contributed by atoms with Crippen molar-refractivity contribution in [1.82, 2.24) is 10.3 Å². The molecule has 0 fully saturated rings. The molecule has 1 rings (SSSR count).